The molecule has 0 aromatic rings. The molecule has 0 spiro atoms. The summed E-state index contributed by atoms with van der Waals surface area (Å²) in [5.41, 5.74) is 0. The van der Waals surface area contributed by atoms with Gasteiger partial charge in [0.15, 0.2) is 0 Å². The fraction of sp³-hybridized carbons (Fsp3) is 0.818. The molecule has 3 atom stereocenters. The van der Waals surface area contributed by atoms with E-state index in [2.05, 4.69) is 20.4 Å². The van der Waals surface area contributed by atoms with Crippen LogP contribution < -0.4 is 0 Å². The molecule has 2 heteroatoms. The summed E-state index contributed by atoms with van der Waals surface area (Å²) in [6.07, 6.45) is 2.33. The van der Waals surface area contributed by atoms with E-state index in [9.17, 15) is 10.2 Å². The number of aliphatic hydroxyl groups excluding tert-OH is 2. The highest BCUT2D eigenvalue weighted by molar-refractivity contribution is 4.86. The van der Waals surface area contributed by atoms with Gasteiger partial charge in [-0.2, -0.15) is 0 Å². The zero-order valence-corrected chi connectivity index (χ0v) is 8.90. The zero-order valence-electron chi connectivity index (χ0n) is 8.90. The molecule has 0 radical (unpaired) electrons. The molecule has 0 aliphatic rings. The summed E-state index contributed by atoms with van der Waals surface area (Å²) >= 11 is 0. The van der Waals surface area contributed by atoms with Gasteiger partial charge in [-0.1, -0.05) is 26.3 Å². The van der Waals surface area contributed by atoms with Crippen LogP contribution >= 0.6 is 0 Å². The van der Waals surface area contributed by atoms with E-state index in [0.29, 0.717) is 5.92 Å². The molecule has 0 saturated heterocycles. The summed E-state index contributed by atoms with van der Waals surface area (Å²) in [4.78, 5) is 0. The van der Waals surface area contributed by atoms with Crippen LogP contribution in [0.1, 0.15) is 33.6 Å². The van der Waals surface area contributed by atoms with Crippen molar-refractivity contribution in [1.29, 1.82) is 0 Å². The molecule has 0 aliphatic carbocycles. The minimum absolute atomic E-state index is 0.0695. The Morgan fingerprint density at radius 3 is 2.00 bits per heavy atom. The van der Waals surface area contributed by atoms with E-state index < -0.39 is 12.2 Å². The minimum atomic E-state index is -0.584. The van der Waals surface area contributed by atoms with Crippen LogP contribution in [0.3, 0.4) is 0 Å². The van der Waals surface area contributed by atoms with Crippen LogP contribution in [0.4, 0.5) is 0 Å². The van der Waals surface area contributed by atoms with Crippen molar-refractivity contribution in [2.75, 3.05) is 0 Å². The van der Waals surface area contributed by atoms with Gasteiger partial charge in [0, 0.05) is 5.92 Å². The lowest BCUT2D eigenvalue weighted by Gasteiger charge is -2.23. The molecule has 13 heavy (non-hydrogen) atoms. The average Bonchev–Trinajstić information content (AvgIpc) is 2.03. The van der Waals surface area contributed by atoms with Crippen molar-refractivity contribution in [2.24, 2.45) is 11.8 Å². The van der Waals surface area contributed by atoms with Crippen LogP contribution in [-0.2, 0) is 0 Å². The van der Waals surface area contributed by atoms with Gasteiger partial charge in [0.2, 0.25) is 0 Å². The van der Waals surface area contributed by atoms with Gasteiger partial charge >= 0.3 is 0 Å². The smallest absolute Gasteiger partial charge is 0.0771 e. The third-order valence-electron chi connectivity index (χ3n) is 2.38. The van der Waals surface area contributed by atoms with Crippen molar-refractivity contribution in [2.45, 2.75) is 45.8 Å². The SMILES string of the molecule is C=C[C@@H](O)[C@@H](CCC(C)C)[C@H](C)O. The molecule has 0 bridgehead atoms. The summed E-state index contributed by atoms with van der Waals surface area (Å²) in [5.74, 6) is 0.540. The van der Waals surface area contributed by atoms with Crippen LogP contribution in [0.15, 0.2) is 12.7 Å². The molecule has 0 saturated carbocycles. The molecule has 0 aromatic heterocycles. The second-order valence-electron chi connectivity index (χ2n) is 4.10. The third kappa shape index (κ3) is 5.06. The molecule has 0 fully saturated rings. The molecular formula is C11H22O2. The van der Waals surface area contributed by atoms with Crippen molar-refractivity contribution in [1.82, 2.24) is 0 Å². The second kappa shape index (κ2) is 6.17. The van der Waals surface area contributed by atoms with E-state index in [4.69, 9.17) is 0 Å². The van der Waals surface area contributed by atoms with Gasteiger partial charge in [0.05, 0.1) is 12.2 Å². The van der Waals surface area contributed by atoms with E-state index in [1.807, 2.05) is 0 Å². The van der Waals surface area contributed by atoms with Crippen molar-refractivity contribution >= 4 is 0 Å². The van der Waals surface area contributed by atoms with Gasteiger partial charge in [-0.05, 0) is 19.3 Å². The number of rotatable bonds is 6. The molecule has 0 amide bonds. The molecule has 2 N–H and O–H groups in total. The predicted molar refractivity (Wildman–Crippen MR) is 55.4 cm³/mol. The maximum Gasteiger partial charge on any atom is 0.0771 e. The Kier molecular flexibility index (Phi) is 6.00. The number of aliphatic hydroxyl groups is 2. The lowest BCUT2D eigenvalue weighted by Crippen LogP contribution is -2.28. The van der Waals surface area contributed by atoms with Crippen LogP contribution in [-0.4, -0.2) is 22.4 Å². The molecule has 0 rings (SSSR count). The Balaban J connectivity index is 4.02. The molecule has 78 valence electrons. The van der Waals surface area contributed by atoms with Gasteiger partial charge in [-0.25, -0.2) is 0 Å². The fourth-order valence-corrected chi connectivity index (χ4v) is 1.40. The van der Waals surface area contributed by atoms with Crippen LogP contribution in [0.25, 0.3) is 0 Å². The topological polar surface area (TPSA) is 40.5 Å². The van der Waals surface area contributed by atoms with Crippen LogP contribution in [0, 0.1) is 11.8 Å². The maximum atomic E-state index is 9.52. The summed E-state index contributed by atoms with van der Waals surface area (Å²) in [6.45, 7) is 9.53. The first kappa shape index (κ1) is 12.7. The largest absolute Gasteiger partial charge is 0.393 e. The molecule has 0 aliphatic heterocycles. The van der Waals surface area contributed by atoms with Crippen molar-refractivity contribution in [3.63, 3.8) is 0 Å². The quantitative estimate of drug-likeness (QED) is 0.623. The first-order chi connectivity index (χ1) is 5.99. The first-order valence-corrected chi connectivity index (χ1v) is 4.97. The predicted octanol–water partition coefficient (Wildman–Crippen LogP) is 1.97. The number of hydrogen-bond acceptors (Lipinski definition) is 2. The van der Waals surface area contributed by atoms with Gasteiger partial charge in [-0.3, -0.25) is 0 Å². The molecular weight excluding hydrogens is 164 g/mol. The molecule has 2 nitrogen and oxygen atoms in total. The summed E-state index contributed by atoms with van der Waals surface area (Å²) in [6, 6.07) is 0. The Morgan fingerprint density at radius 2 is 1.69 bits per heavy atom. The lowest BCUT2D eigenvalue weighted by molar-refractivity contribution is 0.0387. The Labute approximate surface area is 81.3 Å². The highest BCUT2D eigenvalue weighted by atomic mass is 16.3. The monoisotopic (exact) mass is 186 g/mol. The fourth-order valence-electron chi connectivity index (χ4n) is 1.40. The van der Waals surface area contributed by atoms with Gasteiger partial charge in [0.1, 0.15) is 0 Å². The van der Waals surface area contributed by atoms with Crippen molar-refractivity contribution < 1.29 is 10.2 Å². The lowest BCUT2D eigenvalue weighted by atomic mass is 9.89. The third-order valence-corrected chi connectivity index (χ3v) is 2.38. The highest BCUT2D eigenvalue weighted by Gasteiger charge is 2.21. The Morgan fingerprint density at radius 1 is 1.15 bits per heavy atom. The van der Waals surface area contributed by atoms with E-state index in [-0.39, 0.29) is 5.92 Å². The summed E-state index contributed by atoms with van der Waals surface area (Å²) in [5, 5.41) is 18.9. The maximum absolute atomic E-state index is 9.52. The van der Waals surface area contributed by atoms with E-state index in [1.54, 1.807) is 6.92 Å². The van der Waals surface area contributed by atoms with Gasteiger partial charge in [-0.15, -0.1) is 6.58 Å². The zero-order chi connectivity index (χ0) is 10.4. The highest BCUT2D eigenvalue weighted by Crippen LogP contribution is 2.19. The van der Waals surface area contributed by atoms with E-state index in [1.165, 1.54) is 6.08 Å². The second-order valence-corrected chi connectivity index (χ2v) is 4.10. The molecule has 0 aromatic carbocycles. The van der Waals surface area contributed by atoms with Crippen molar-refractivity contribution in [3.8, 4) is 0 Å². The Bertz CT molecular complexity index is 141. The van der Waals surface area contributed by atoms with E-state index in [0.717, 1.165) is 12.8 Å². The number of hydrogen-bond donors (Lipinski definition) is 2. The normalized spacial score (nSPS) is 18.3. The standard InChI is InChI=1S/C11H22O2/c1-5-11(13)10(9(4)12)7-6-8(2)3/h5,8-13H,1,6-7H2,2-4H3/t9-,10-,11+/m0/s1. The van der Waals surface area contributed by atoms with Crippen molar-refractivity contribution in [3.05, 3.63) is 12.7 Å². The average molecular weight is 186 g/mol. The summed E-state index contributed by atoms with van der Waals surface area (Å²) < 4.78 is 0. The van der Waals surface area contributed by atoms with E-state index >= 15 is 0 Å². The van der Waals surface area contributed by atoms with Crippen LogP contribution in [0.5, 0.6) is 0 Å². The van der Waals surface area contributed by atoms with Crippen LogP contribution in [0.2, 0.25) is 0 Å². The Hall–Kier alpha value is -0.340. The van der Waals surface area contributed by atoms with Gasteiger partial charge in [0.25, 0.3) is 0 Å². The van der Waals surface area contributed by atoms with Gasteiger partial charge < -0.3 is 10.2 Å². The molecule has 0 unspecified atom stereocenters. The molecule has 0 heterocycles. The first-order valence-electron chi connectivity index (χ1n) is 4.97. The summed E-state index contributed by atoms with van der Waals surface area (Å²) in [7, 11) is 0. The minimum Gasteiger partial charge on any atom is -0.393 e.